The first-order valence-electron chi connectivity index (χ1n) is 6.78. The van der Waals surface area contributed by atoms with E-state index in [1.54, 1.807) is 18.2 Å². The number of aromatic nitrogens is 2. The van der Waals surface area contributed by atoms with Crippen LogP contribution in [0, 0.1) is 0 Å². The minimum Gasteiger partial charge on any atom is -0.483 e. The zero-order chi connectivity index (χ0) is 15.9. The highest BCUT2D eigenvalue weighted by atomic mass is 79.9. The minimum atomic E-state index is -0.278. The number of carbonyl (C=O) groups is 1. The molecule has 0 unspecified atom stereocenters. The number of rotatable bonds is 7. The quantitative estimate of drug-likeness (QED) is 0.746. The van der Waals surface area contributed by atoms with Crippen LogP contribution in [0.4, 0.5) is 5.13 Å². The van der Waals surface area contributed by atoms with Crippen LogP contribution in [0.5, 0.6) is 5.75 Å². The molecule has 5 nitrogen and oxygen atoms in total. The SMILES string of the molecule is CCCCc1nnc(NC(=O)COc2ccc(Cl)cc2Br)s1. The Morgan fingerprint density at radius 1 is 1.45 bits per heavy atom. The van der Waals surface area contributed by atoms with Gasteiger partial charge in [0.2, 0.25) is 5.13 Å². The van der Waals surface area contributed by atoms with Gasteiger partial charge in [0.1, 0.15) is 10.8 Å². The van der Waals surface area contributed by atoms with Gasteiger partial charge < -0.3 is 4.74 Å². The summed E-state index contributed by atoms with van der Waals surface area (Å²) in [6.07, 6.45) is 3.06. The van der Waals surface area contributed by atoms with Crippen LogP contribution in [0.2, 0.25) is 5.02 Å². The molecule has 0 aliphatic rings. The van der Waals surface area contributed by atoms with E-state index in [1.165, 1.54) is 11.3 Å². The number of halogens is 2. The maximum Gasteiger partial charge on any atom is 0.264 e. The minimum absolute atomic E-state index is 0.107. The van der Waals surface area contributed by atoms with E-state index in [2.05, 4.69) is 38.4 Å². The monoisotopic (exact) mass is 403 g/mol. The predicted molar refractivity (Wildman–Crippen MR) is 91.8 cm³/mol. The molecule has 1 amide bonds. The molecule has 8 heteroatoms. The smallest absolute Gasteiger partial charge is 0.264 e. The van der Waals surface area contributed by atoms with Crippen molar-refractivity contribution in [1.82, 2.24) is 10.2 Å². The van der Waals surface area contributed by atoms with Crippen LogP contribution in [0.3, 0.4) is 0 Å². The molecule has 1 aromatic heterocycles. The molecular weight excluding hydrogens is 390 g/mol. The Balaban J connectivity index is 1.83. The summed E-state index contributed by atoms with van der Waals surface area (Å²) in [5.41, 5.74) is 0. The maximum atomic E-state index is 11.8. The van der Waals surface area contributed by atoms with Crippen molar-refractivity contribution in [1.29, 1.82) is 0 Å². The molecule has 118 valence electrons. The second-order valence-corrected chi connectivity index (χ2v) is 6.87. The first kappa shape index (κ1) is 17.2. The van der Waals surface area contributed by atoms with Crippen LogP contribution in [0.15, 0.2) is 22.7 Å². The fourth-order valence-corrected chi connectivity index (χ4v) is 3.22. The van der Waals surface area contributed by atoms with Gasteiger partial charge in [-0.1, -0.05) is 36.3 Å². The van der Waals surface area contributed by atoms with Crippen LogP contribution >= 0.6 is 38.9 Å². The van der Waals surface area contributed by atoms with E-state index < -0.39 is 0 Å². The summed E-state index contributed by atoms with van der Waals surface area (Å²) < 4.78 is 6.14. The van der Waals surface area contributed by atoms with Gasteiger partial charge in [-0.3, -0.25) is 10.1 Å². The van der Waals surface area contributed by atoms with Gasteiger partial charge in [0, 0.05) is 11.4 Å². The Morgan fingerprint density at radius 3 is 3.00 bits per heavy atom. The van der Waals surface area contributed by atoms with Crippen molar-refractivity contribution in [2.75, 3.05) is 11.9 Å². The average Bonchev–Trinajstić information content (AvgIpc) is 2.91. The highest BCUT2D eigenvalue weighted by Gasteiger charge is 2.10. The Bertz CT molecular complexity index is 651. The van der Waals surface area contributed by atoms with E-state index >= 15 is 0 Å². The molecule has 1 N–H and O–H groups in total. The Morgan fingerprint density at radius 2 is 2.27 bits per heavy atom. The molecule has 0 aliphatic heterocycles. The Hall–Kier alpha value is -1.18. The van der Waals surface area contributed by atoms with Gasteiger partial charge in [0.15, 0.2) is 6.61 Å². The van der Waals surface area contributed by atoms with E-state index in [0.717, 1.165) is 24.3 Å². The first-order chi connectivity index (χ1) is 10.6. The fraction of sp³-hybridized carbons (Fsp3) is 0.357. The van der Waals surface area contributed by atoms with Gasteiger partial charge in [-0.15, -0.1) is 10.2 Å². The average molecular weight is 405 g/mol. The number of benzene rings is 1. The molecule has 2 aromatic rings. The Labute approximate surface area is 146 Å². The number of amides is 1. The van der Waals surface area contributed by atoms with Crippen molar-refractivity contribution in [2.24, 2.45) is 0 Å². The zero-order valence-corrected chi connectivity index (χ0v) is 15.1. The van der Waals surface area contributed by atoms with Crippen molar-refractivity contribution in [2.45, 2.75) is 26.2 Å². The normalized spacial score (nSPS) is 10.5. The molecule has 22 heavy (non-hydrogen) atoms. The lowest BCUT2D eigenvalue weighted by molar-refractivity contribution is -0.118. The molecule has 1 aromatic carbocycles. The number of aryl methyl sites for hydroxylation is 1. The van der Waals surface area contributed by atoms with E-state index in [0.29, 0.717) is 20.4 Å². The van der Waals surface area contributed by atoms with Gasteiger partial charge in [-0.2, -0.15) is 0 Å². The van der Waals surface area contributed by atoms with Crippen molar-refractivity contribution < 1.29 is 9.53 Å². The summed E-state index contributed by atoms with van der Waals surface area (Å²) in [7, 11) is 0. The van der Waals surface area contributed by atoms with Crippen molar-refractivity contribution in [3.63, 3.8) is 0 Å². The summed E-state index contributed by atoms with van der Waals surface area (Å²) in [5, 5.41) is 12.7. The van der Waals surface area contributed by atoms with Gasteiger partial charge in [-0.05, 0) is 40.5 Å². The maximum absolute atomic E-state index is 11.8. The molecule has 0 fully saturated rings. The van der Waals surface area contributed by atoms with Crippen LogP contribution < -0.4 is 10.1 Å². The molecule has 0 saturated heterocycles. The number of ether oxygens (including phenoxy) is 1. The summed E-state index contributed by atoms with van der Waals surface area (Å²) in [6, 6.07) is 5.11. The summed E-state index contributed by atoms with van der Waals surface area (Å²) in [6.45, 7) is 2.01. The van der Waals surface area contributed by atoms with Crippen molar-refractivity contribution in [3.8, 4) is 5.75 Å². The van der Waals surface area contributed by atoms with Gasteiger partial charge in [-0.25, -0.2) is 0 Å². The van der Waals surface area contributed by atoms with Crippen LogP contribution in [-0.2, 0) is 11.2 Å². The standard InChI is InChI=1S/C14H15BrClN3O2S/c1-2-3-4-13-18-19-14(22-13)17-12(20)8-21-11-6-5-9(16)7-10(11)15/h5-7H,2-4,8H2,1H3,(H,17,19,20). The Kier molecular flexibility index (Phi) is 6.60. The predicted octanol–water partition coefficient (Wildman–Crippen LogP) is 4.31. The molecule has 0 aliphatic carbocycles. The summed E-state index contributed by atoms with van der Waals surface area (Å²) >= 11 is 10.6. The van der Waals surface area contributed by atoms with E-state index in [-0.39, 0.29) is 12.5 Å². The number of hydrogen-bond donors (Lipinski definition) is 1. The number of unbranched alkanes of at least 4 members (excludes halogenated alkanes) is 1. The highest BCUT2D eigenvalue weighted by molar-refractivity contribution is 9.10. The lowest BCUT2D eigenvalue weighted by Crippen LogP contribution is -2.20. The van der Waals surface area contributed by atoms with Gasteiger partial charge >= 0.3 is 0 Å². The molecule has 0 saturated carbocycles. The van der Waals surface area contributed by atoms with Crippen LogP contribution in [0.1, 0.15) is 24.8 Å². The third-order valence-corrected chi connectivity index (χ3v) is 4.46. The molecule has 1 heterocycles. The van der Waals surface area contributed by atoms with Crippen molar-refractivity contribution >= 4 is 49.9 Å². The summed E-state index contributed by atoms with van der Waals surface area (Å²) in [4.78, 5) is 11.8. The second-order valence-electron chi connectivity index (χ2n) is 4.52. The van der Waals surface area contributed by atoms with Gasteiger partial charge in [0.25, 0.3) is 5.91 Å². The molecule has 0 atom stereocenters. The van der Waals surface area contributed by atoms with Crippen LogP contribution in [-0.4, -0.2) is 22.7 Å². The van der Waals surface area contributed by atoms with Crippen molar-refractivity contribution in [3.05, 3.63) is 32.7 Å². The third kappa shape index (κ3) is 5.23. The zero-order valence-electron chi connectivity index (χ0n) is 11.9. The number of anilines is 1. The molecule has 2 rings (SSSR count). The van der Waals surface area contributed by atoms with E-state index in [1.807, 2.05) is 0 Å². The topological polar surface area (TPSA) is 64.1 Å². The van der Waals surface area contributed by atoms with E-state index in [4.69, 9.17) is 16.3 Å². The molecule has 0 bridgehead atoms. The lowest BCUT2D eigenvalue weighted by atomic mass is 10.3. The lowest BCUT2D eigenvalue weighted by Gasteiger charge is -2.07. The summed E-state index contributed by atoms with van der Waals surface area (Å²) in [5.74, 6) is 0.278. The molecule has 0 spiro atoms. The second kappa shape index (κ2) is 8.45. The van der Waals surface area contributed by atoms with E-state index in [9.17, 15) is 4.79 Å². The third-order valence-electron chi connectivity index (χ3n) is 2.71. The highest BCUT2D eigenvalue weighted by Crippen LogP contribution is 2.28. The molecular formula is C14H15BrClN3O2S. The number of hydrogen-bond acceptors (Lipinski definition) is 5. The first-order valence-corrected chi connectivity index (χ1v) is 8.77. The number of carbonyl (C=O) groups excluding carboxylic acids is 1. The fourth-order valence-electron chi connectivity index (χ4n) is 1.62. The number of nitrogens with one attached hydrogen (secondary N) is 1. The largest absolute Gasteiger partial charge is 0.483 e. The van der Waals surface area contributed by atoms with Gasteiger partial charge in [0.05, 0.1) is 4.47 Å². The molecule has 0 radical (unpaired) electrons. The van der Waals surface area contributed by atoms with Crippen LogP contribution in [0.25, 0.3) is 0 Å². The number of nitrogens with zero attached hydrogens (tertiary/aromatic N) is 2.